The van der Waals surface area contributed by atoms with Crippen molar-refractivity contribution in [2.45, 2.75) is 6.18 Å². The fourth-order valence-electron chi connectivity index (χ4n) is 1.22. The van der Waals surface area contributed by atoms with Gasteiger partial charge in [0.05, 0.1) is 18.6 Å². The van der Waals surface area contributed by atoms with E-state index in [-0.39, 0.29) is 5.15 Å². The maximum absolute atomic E-state index is 12.3. The van der Waals surface area contributed by atoms with E-state index in [0.717, 1.165) is 12.3 Å². The third-order valence-electron chi connectivity index (χ3n) is 2.07. The number of anilines is 1. The van der Waals surface area contributed by atoms with Crippen molar-refractivity contribution in [3.63, 3.8) is 0 Å². The van der Waals surface area contributed by atoms with E-state index in [9.17, 15) is 13.2 Å². The first-order valence-electron chi connectivity index (χ1n) is 5.25. The molecule has 0 aliphatic heterocycles. The molecule has 2 heterocycles. The van der Waals surface area contributed by atoms with Gasteiger partial charge in [-0.2, -0.15) is 18.3 Å². The van der Waals surface area contributed by atoms with Crippen LogP contribution in [0.3, 0.4) is 0 Å². The molecule has 5 nitrogen and oxygen atoms in total. The molecule has 0 amide bonds. The summed E-state index contributed by atoms with van der Waals surface area (Å²) in [5, 5.41) is 3.98. The van der Waals surface area contributed by atoms with E-state index in [0.29, 0.717) is 11.4 Å². The van der Waals surface area contributed by atoms with E-state index >= 15 is 0 Å². The number of hydrogen-bond acceptors (Lipinski definition) is 5. The first kappa shape index (κ1) is 14.2. The number of hydrogen-bond donors (Lipinski definition) is 1. The summed E-state index contributed by atoms with van der Waals surface area (Å²) in [6.45, 7) is 0. The Labute approximate surface area is 116 Å². The zero-order valence-corrected chi connectivity index (χ0v) is 10.5. The van der Waals surface area contributed by atoms with E-state index in [1.807, 2.05) is 0 Å². The average Bonchev–Trinajstić information content (AvgIpc) is 2.38. The molecule has 104 valence electrons. The number of rotatable bonds is 3. The molecule has 9 heteroatoms. The maximum Gasteiger partial charge on any atom is 0.433 e. The van der Waals surface area contributed by atoms with Crippen molar-refractivity contribution in [2.75, 3.05) is 5.43 Å². The number of halogens is 4. The molecular weight excluding hydrogens is 295 g/mol. The summed E-state index contributed by atoms with van der Waals surface area (Å²) in [6.07, 6.45) is 0.669. The van der Waals surface area contributed by atoms with Gasteiger partial charge in [-0.3, -0.25) is 15.4 Å². The van der Waals surface area contributed by atoms with Crippen molar-refractivity contribution in [2.24, 2.45) is 5.10 Å². The van der Waals surface area contributed by atoms with Crippen LogP contribution in [0.15, 0.2) is 35.8 Å². The second-order valence-electron chi connectivity index (χ2n) is 3.57. The third kappa shape index (κ3) is 3.89. The van der Waals surface area contributed by atoms with Crippen LogP contribution in [-0.2, 0) is 6.18 Å². The molecule has 0 saturated carbocycles. The highest BCUT2D eigenvalue weighted by Gasteiger charge is 2.31. The van der Waals surface area contributed by atoms with Crippen molar-refractivity contribution in [3.05, 3.63) is 47.1 Å². The van der Waals surface area contributed by atoms with Crippen LogP contribution in [0.1, 0.15) is 11.3 Å². The van der Waals surface area contributed by atoms with Gasteiger partial charge in [-0.1, -0.05) is 11.6 Å². The Morgan fingerprint density at radius 2 is 2.00 bits per heavy atom. The molecule has 2 aromatic heterocycles. The Kier molecular flexibility index (Phi) is 4.14. The number of pyridine rings is 1. The van der Waals surface area contributed by atoms with Crippen LogP contribution in [0.2, 0.25) is 5.15 Å². The second kappa shape index (κ2) is 5.83. The summed E-state index contributed by atoms with van der Waals surface area (Å²) < 4.78 is 36.9. The molecular formula is C11H7ClF3N5. The van der Waals surface area contributed by atoms with E-state index in [2.05, 4.69) is 25.5 Å². The number of alkyl halides is 3. The minimum absolute atomic E-state index is 0.196. The van der Waals surface area contributed by atoms with Crippen molar-refractivity contribution in [1.29, 1.82) is 0 Å². The van der Waals surface area contributed by atoms with E-state index < -0.39 is 11.9 Å². The van der Waals surface area contributed by atoms with Gasteiger partial charge < -0.3 is 0 Å². The molecule has 0 spiro atoms. The predicted molar refractivity (Wildman–Crippen MR) is 67.5 cm³/mol. The lowest BCUT2D eigenvalue weighted by Crippen LogP contribution is -2.07. The minimum Gasteiger partial charge on any atom is -0.260 e. The molecule has 0 atom stereocenters. The molecule has 0 saturated heterocycles. The summed E-state index contributed by atoms with van der Waals surface area (Å²) >= 11 is 5.62. The number of nitrogens with zero attached hydrogens (tertiary/aromatic N) is 4. The summed E-state index contributed by atoms with van der Waals surface area (Å²) in [5.41, 5.74) is 1.99. The third-order valence-corrected chi connectivity index (χ3v) is 2.26. The average molecular weight is 302 g/mol. The highest BCUT2D eigenvalue weighted by molar-refractivity contribution is 6.29. The van der Waals surface area contributed by atoms with Crippen LogP contribution < -0.4 is 5.43 Å². The Hall–Kier alpha value is -2.22. The van der Waals surface area contributed by atoms with Crippen LogP contribution in [0.25, 0.3) is 0 Å². The lowest BCUT2D eigenvalue weighted by molar-refractivity contribution is -0.141. The Morgan fingerprint density at radius 1 is 1.20 bits per heavy atom. The van der Waals surface area contributed by atoms with Gasteiger partial charge in [0.25, 0.3) is 0 Å². The van der Waals surface area contributed by atoms with E-state index in [4.69, 9.17) is 11.6 Å². The molecule has 0 fully saturated rings. The molecule has 2 rings (SSSR count). The van der Waals surface area contributed by atoms with Gasteiger partial charge in [-0.25, -0.2) is 4.98 Å². The molecule has 0 aliphatic rings. The second-order valence-corrected chi connectivity index (χ2v) is 3.96. The van der Waals surface area contributed by atoms with Crippen molar-refractivity contribution in [3.8, 4) is 0 Å². The summed E-state index contributed by atoms with van der Waals surface area (Å²) in [5.74, 6) is 0.314. The fraction of sp³-hybridized carbons (Fsp3) is 0.0909. The SMILES string of the molecule is FC(F)(F)c1ccc(C=NNc2cncc(Cl)n2)cn1. The number of hydrazone groups is 1. The molecule has 0 aromatic carbocycles. The van der Waals surface area contributed by atoms with Crippen LogP contribution >= 0.6 is 11.6 Å². The summed E-state index contributed by atoms with van der Waals surface area (Å²) in [4.78, 5) is 10.9. The quantitative estimate of drug-likeness (QED) is 0.699. The van der Waals surface area contributed by atoms with Gasteiger partial charge in [-0.05, 0) is 12.1 Å². The molecule has 0 bridgehead atoms. The Bertz CT molecular complexity index is 612. The molecule has 0 aliphatic carbocycles. The van der Waals surface area contributed by atoms with Crippen molar-refractivity contribution < 1.29 is 13.2 Å². The van der Waals surface area contributed by atoms with E-state index in [1.165, 1.54) is 24.7 Å². The summed E-state index contributed by atoms with van der Waals surface area (Å²) in [6, 6.07) is 2.13. The first-order chi connectivity index (χ1) is 9.45. The van der Waals surface area contributed by atoms with Crippen molar-refractivity contribution >= 4 is 23.6 Å². The largest absolute Gasteiger partial charge is 0.433 e. The lowest BCUT2D eigenvalue weighted by Gasteiger charge is -2.04. The van der Waals surface area contributed by atoms with Gasteiger partial charge in [0.2, 0.25) is 0 Å². The normalized spacial score (nSPS) is 11.8. The number of aromatic nitrogens is 3. The van der Waals surface area contributed by atoms with Crippen LogP contribution in [0.4, 0.5) is 19.0 Å². The van der Waals surface area contributed by atoms with Crippen LogP contribution in [-0.4, -0.2) is 21.2 Å². The lowest BCUT2D eigenvalue weighted by atomic mass is 10.2. The molecule has 0 radical (unpaired) electrons. The predicted octanol–water partition coefficient (Wildman–Crippen LogP) is 2.99. The molecule has 1 N–H and O–H groups in total. The van der Waals surface area contributed by atoms with Crippen LogP contribution in [0.5, 0.6) is 0 Å². The van der Waals surface area contributed by atoms with Crippen LogP contribution in [0, 0.1) is 0 Å². The standard InChI is InChI=1S/C11H7ClF3N5/c12-9-5-16-6-10(19-9)20-18-4-7-1-2-8(17-3-7)11(13,14)15/h1-6H,(H,19,20). The van der Waals surface area contributed by atoms with Gasteiger partial charge in [0.15, 0.2) is 5.82 Å². The van der Waals surface area contributed by atoms with Crippen molar-refractivity contribution in [1.82, 2.24) is 15.0 Å². The van der Waals surface area contributed by atoms with Gasteiger partial charge >= 0.3 is 6.18 Å². The zero-order chi connectivity index (χ0) is 14.6. The molecule has 20 heavy (non-hydrogen) atoms. The Balaban J connectivity index is 2.01. The molecule has 2 aromatic rings. The highest BCUT2D eigenvalue weighted by Crippen LogP contribution is 2.26. The Morgan fingerprint density at radius 3 is 2.60 bits per heavy atom. The maximum atomic E-state index is 12.3. The highest BCUT2D eigenvalue weighted by atomic mass is 35.5. The smallest absolute Gasteiger partial charge is 0.260 e. The zero-order valence-electron chi connectivity index (χ0n) is 9.76. The minimum atomic E-state index is -4.45. The fourth-order valence-corrected chi connectivity index (χ4v) is 1.37. The van der Waals surface area contributed by atoms with Gasteiger partial charge in [0.1, 0.15) is 10.8 Å². The topological polar surface area (TPSA) is 63.1 Å². The first-order valence-corrected chi connectivity index (χ1v) is 5.63. The van der Waals surface area contributed by atoms with E-state index in [1.54, 1.807) is 0 Å². The van der Waals surface area contributed by atoms with Gasteiger partial charge in [-0.15, -0.1) is 0 Å². The monoisotopic (exact) mass is 301 g/mol. The summed E-state index contributed by atoms with van der Waals surface area (Å²) in [7, 11) is 0. The number of nitrogens with one attached hydrogen (secondary N) is 1. The molecule has 0 unspecified atom stereocenters. The van der Waals surface area contributed by atoms with Gasteiger partial charge in [0, 0.05) is 11.8 Å².